The maximum atomic E-state index is 13.1. The van der Waals surface area contributed by atoms with E-state index in [0.29, 0.717) is 22.9 Å². The van der Waals surface area contributed by atoms with Crippen LogP contribution in [-0.2, 0) is 22.4 Å². The van der Waals surface area contributed by atoms with Gasteiger partial charge in [0.25, 0.3) is 5.91 Å². The molecule has 6 nitrogen and oxygen atoms in total. The molecule has 0 unspecified atom stereocenters. The van der Waals surface area contributed by atoms with Gasteiger partial charge in [0, 0.05) is 4.88 Å². The van der Waals surface area contributed by atoms with E-state index in [0.717, 1.165) is 36.1 Å². The van der Waals surface area contributed by atoms with Crippen molar-refractivity contribution in [2.75, 3.05) is 5.32 Å². The van der Waals surface area contributed by atoms with Crippen molar-refractivity contribution in [3.05, 3.63) is 28.2 Å². The molecule has 0 aliphatic heterocycles. The lowest BCUT2D eigenvalue weighted by Crippen LogP contribution is -2.36. The van der Waals surface area contributed by atoms with Gasteiger partial charge >= 0.3 is 5.97 Å². The maximum Gasteiger partial charge on any atom is 0.307 e. The number of primary amides is 1. The van der Waals surface area contributed by atoms with Crippen LogP contribution in [0.4, 0.5) is 5.00 Å². The first kappa shape index (κ1) is 21.1. The molecule has 0 saturated heterocycles. The second-order valence-corrected chi connectivity index (χ2v) is 10.8. The third-order valence-corrected chi connectivity index (χ3v) is 8.98. The highest BCUT2D eigenvalue weighted by molar-refractivity contribution is 7.17. The molecule has 3 aliphatic carbocycles. The van der Waals surface area contributed by atoms with Crippen LogP contribution in [0.1, 0.15) is 60.8 Å². The summed E-state index contributed by atoms with van der Waals surface area (Å²) in [6.07, 6.45) is 8.32. The highest BCUT2D eigenvalue weighted by Crippen LogP contribution is 2.49. The molecular formula is C23H30N2O4S. The molecule has 1 fully saturated rings. The van der Waals surface area contributed by atoms with Crippen LogP contribution in [0.2, 0.25) is 0 Å². The number of carbonyl (C=O) groups excluding carboxylic acids is 2. The molecule has 4 N–H and O–H groups in total. The van der Waals surface area contributed by atoms with E-state index in [-0.39, 0.29) is 23.2 Å². The number of rotatable bonds is 6. The minimum Gasteiger partial charge on any atom is -0.481 e. The number of allylic oxidation sites excluding steroid dienone is 2. The average molecular weight is 431 g/mol. The molecule has 7 heteroatoms. The van der Waals surface area contributed by atoms with Crippen molar-refractivity contribution in [1.82, 2.24) is 0 Å². The molecule has 3 aliphatic rings. The van der Waals surface area contributed by atoms with Crippen molar-refractivity contribution in [2.24, 2.45) is 40.7 Å². The summed E-state index contributed by atoms with van der Waals surface area (Å²) in [6, 6.07) is 0. The number of carboxylic acid groups (broad SMARTS) is 1. The summed E-state index contributed by atoms with van der Waals surface area (Å²) < 4.78 is 0. The number of amides is 2. The van der Waals surface area contributed by atoms with Crippen LogP contribution in [0.25, 0.3) is 0 Å². The Morgan fingerprint density at radius 3 is 2.50 bits per heavy atom. The second kappa shape index (κ2) is 7.52. The number of fused-ring (bicyclic) bond motifs is 3. The van der Waals surface area contributed by atoms with E-state index in [1.54, 1.807) is 0 Å². The van der Waals surface area contributed by atoms with Crippen LogP contribution < -0.4 is 11.1 Å². The number of hydrogen-bond acceptors (Lipinski definition) is 4. The molecule has 1 aromatic heterocycles. The second-order valence-electron chi connectivity index (χ2n) is 9.68. The highest BCUT2D eigenvalue weighted by atomic mass is 32.1. The molecule has 0 radical (unpaired) electrons. The van der Waals surface area contributed by atoms with Gasteiger partial charge in [-0.25, -0.2) is 0 Å². The van der Waals surface area contributed by atoms with Gasteiger partial charge in [0.2, 0.25) is 5.91 Å². The molecule has 30 heavy (non-hydrogen) atoms. The summed E-state index contributed by atoms with van der Waals surface area (Å²) in [5.41, 5.74) is 7.30. The summed E-state index contributed by atoms with van der Waals surface area (Å²) in [6.45, 7) is 6.76. The topological polar surface area (TPSA) is 109 Å². The highest BCUT2D eigenvalue weighted by Gasteiger charge is 2.52. The van der Waals surface area contributed by atoms with E-state index >= 15 is 0 Å². The van der Waals surface area contributed by atoms with Gasteiger partial charge in [-0.3, -0.25) is 14.4 Å². The standard InChI is InChI=1S/C23H30N2O4S/c1-4-23(2,3)13-7-8-14-15(10-13)30-21(18(14)19(24)26)25-20(27)16-11-5-6-12(9-11)17(16)22(28)29/h5-6,11-13,16-17H,4,7-10H2,1-3H3,(H2,24,26)(H,25,27)(H,28,29)/t11-,12+,13-,16+,17+/m1/s1. The minimum atomic E-state index is -0.933. The van der Waals surface area contributed by atoms with Gasteiger partial charge in [-0.15, -0.1) is 11.3 Å². The van der Waals surface area contributed by atoms with Gasteiger partial charge in [-0.1, -0.05) is 39.3 Å². The van der Waals surface area contributed by atoms with E-state index in [4.69, 9.17) is 5.73 Å². The molecule has 1 heterocycles. The Balaban J connectivity index is 1.61. The molecule has 5 atom stereocenters. The first-order chi connectivity index (χ1) is 14.1. The Kier molecular flexibility index (Phi) is 5.29. The van der Waals surface area contributed by atoms with Gasteiger partial charge in [0.15, 0.2) is 0 Å². The van der Waals surface area contributed by atoms with E-state index in [1.807, 2.05) is 12.2 Å². The summed E-state index contributed by atoms with van der Waals surface area (Å²) in [7, 11) is 0. The molecule has 1 saturated carbocycles. The maximum absolute atomic E-state index is 13.1. The number of carbonyl (C=O) groups is 3. The normalized spacial score (nSPS) is 29.6. The van der Waals surface area contributed by atoms with Gasteiger partial charge in [0.1, 0.15) is 5.00 Å². The van der Waals surface area contributed by atoms with Crippen LogP contribution in [-0.4, -0.2) is 22.9 Å². The zero-order chi connectivity index (χ0) is 21.8. The van der Waals surface area contributed by atoms with Crippen molar-refractivity contribution >= 4 is 34.1 Å². The largest absolute Gasteiger partial charge is 0.481 e. The summed E-state index contributed by atoms with van der Waals surface area (Å²) in [5, 5.41) is 13.0. The molecule has 0 spiro atoms. The first-order valence-electron chi connectivity index (χ1n) is 10.8. The Labute approximate surface area is 180 Å². The fourth-order valence-electron chi connectivity index (χ4n) is 5.60. The number of anilines is 1. The fraction of sp³-hybridized carbons (Fsp3) is 0.609. The molecule has 1 aromatic rings. The quantitative estimate of drug-likeness (QED) is 0.596. The first-order valence-corrected chi connectivity index (χ1v) is 11.6. The lowest BCUT2D eigenvalue weighted by Gasteiger charge is -2.36. The lowest BCUT2D eigenvalue weighted by atomic mass is 9.69. The van der Waals surface area contributed by atoms with Gasteiger partial charge in [-0.2, -0.15) is 0 Å². The zero-order valence-electron chi connectivity index (χ0n) is 17.7. The van der Waals surface area contributed by atoms with Crippen molar-refractivity contribution in [3.63, 3.8) is 0 Å². The summed E-state index contributed by atoms with van der Waals surface area (Å²) in [4.78, 5) is 38.3. The van der Waals surface area contributed by atoms with E-state index in [9.17, 15) is 19.5 Å². The fourth-order valence-corrected chi connectivity index (χ4v) is 6.94. The zero-order valence-corrected chi connectivity index (χ0v) is 18.6. The minimum absolute atomic E-state index is 0.0579. The van der Waals surface area contributed by atoms with Crippen molar-refractivity contribution in [2.45, 2.75) is 52.9 Å². The van der Waals surface area contributed by atoms with Gasteiger partial charge < -0.3 is 16.2 Å². The summed E-state index contributed by atoms with van der Waals surface area (Å²) >= 11 is 1.44. The Morgan fingerprint density at radius 2 is 1.90 bits per heavy atom. The number of carboxylic acids is 1. The smallest absolute Gasteiger partial charge is 0.307 e. The lowest BCUT2D eigenvalue weighted by molar-refractivity contribution is -0.146. The predicted octanol–water partition coefficient (Wildman–Crippen LogP) is 3.85. The van der Waals surface area contributed by atoms with Crippen LogP contribution >= 0.6 is 11.3 Å². The average Bonchev–Trinajstić information content (AvgIpc) is 3.39. The predicted molar refractivity (Wildman–Crippen MR) is 116 cm³/mol. The van der Waals surface area contributed by atoms with Gasteiger partial charge in [0.05, 0.1) is 17.4 Å². The van der Waals surface area contributed by atoms with Crippen LogP contribution in [0.15, 0.2) is 12.2 Å². The molecule has 162 valence electrons. The van der Waals surface area contributed by atoms with E-state index < -0.39 is 23.7 Å². The van der Waals surface area contributed by atoms with Crippen molar-refractivity contribution < 1.29 is 19.5 Å². The van der Waals surface area contributed by atoms with E-state index in [1.165, 1.54) is 11.3 Å². The third kappa shape index (κ3) is 3.37. The van der Waals surface area contributed by atoms with Crippen LogP contribution in [0, 0.1) is 35.0 Å². The molecule has 4 rings (SSSR count). The van der Waals surface area contributed by atoms with Crippen LogP contribution in [0.3, 0.4) is 0 Å². The SMILES string of the molecule is CCC(C)(C)[C@@H]1CCc2c(sc(NC(=O)[C@@H]3[C@@H](C(=O)O)[C@H]4C=C[C@@H]3C4)c2C(N)=O)C1. The summed E-state index contributed by atoms with van der Waals surface area (Å²) in [5.74, 6) is -2.72. The third-order valence-electron chi connectivity index (χ3n) is 7.81. The number of nitrogens with one attached hydrogen (secondary N) is 1. The number of hydrogen-bond donors (Lipinski definition) is 3. The Morgan fingerprint density at radius 1 is 1.23 bits per heavy atom. The molecule has 2 bridgehead atoms. The Bertz CT molecular complexity index is 932. The van der Waals surface area contributed by atoms with Crippen molar-refractivity contribution in [1.29, 1.82) is 0 Å². The molecule has 0 aromatic carbocycles. The Hall–Kier alpha value is -2.15. The van der Waals surface area contributed by atoms with Gasteiger partial charge in [-0.05, 0) is 54.4 Å². The number of thiophene rings is 1. The van der Waals surface area contributed by atoms with E-state index in [2.05, 4.69) is 26.1 Å². The number of nitrogens with two attached hydrogens (primary N) is 1. The number of aliphatic carboxylic acids is 1. The molecular weight excluding hydrogens is 400 g/mol. The van der Waals surface area contributed by atoms with Crippen molar-refractivity contribution in [3.8, 4) is 0 Å². The van der Waals surface area contributed by atoms with Crippen LogP contribution in [0.5, 0.6) is 0 Å². The molecule has 2 amide bonds. The monoisotopic (exact) mass is 430 g/mol.